The van der Waals surface area contributed by atoms with E-state index in [2.05, 4.69) is 36.4 Å². The number of carboxylic acid groups (broad SMARTS) is 1. The molecule has 1 heterocycles. The maximum Gasteiger partial charge on any atom is 0.304 e. The van der Waals surface area contributed by atoms with Crippen LogP contribution in [0, 0.1) is 6.92 Å². The largest absolute Gasteiger partial charge is 0.488 e. The van der Waals surface area contributed by atoms with Crippen molar-refractivity contribution in [1.82, 2.24) is 4.31 Å². The number of Topliss-reactive ketones (excluding diaryl/α,β-unsaturated/α-hetero) is 1. The Balaban J connectivity index is 1.63. The molecule has 0 fully saturated rings. The van der Waals surface area contributed by atoms with Crippen LogP contribution < -0.4 is 4.74 Å². The van der Waals surface area contributed by atoms with Crippen LogP contribution in [0.25, 0.3) is 0 Å². The minimum absolute atomic E-state index is 0.00584. The van der Waals surface area contributed by atoms with Crippen LogP contribution in [0.5, 0.6) is 5.75 Å². The third kappa shape index (κ3) is 5.69. The van der Waals surface area contributed by atoms with E-state index in [1.54, 1.807) is 24.1 Å². The van der Waals surface area contributed by atoms with Crippen molar-refractivity contribution in [3.63, 3.8) is 0 Å². The maximum atomic E-state index is 11.7. The normalized spacial score (nSPS) is 16.7. The quantitative estimate of drug-likeness (QED) is 0.329. The van der Waals surface area contributed by atoms with Crippen LogP contribution in [0.1, 0.15) is 58.8 Å². The monoisotopic (exact) mass is 475 g/mol. The van der Waals surface area contributed by atoms with Gasteiger partial charge < -0.3 is 9.84 Å². The number of para-hydroxylation sites is 1. The first-order chi connectivity index (χ1) is 16.3. The average Bonchev–Trinajstić information content (AvgIpc) is 2.96. The van der Waals surface area contributed by atoms with Gasteiger partial charge in [-0.05, 0) is 67.1 Å². The second-order valence-electron chi connectivity index (χ2n) is 8.80. The number of fused-ring (bicyclic) bond motifs is 1. The summed E-state index contributed by atoms with van der Waals surface area (Å²) >= 11 is 1.69. The third-order valence-electron chi connectivity index (χ3n) is 6.09. The minimum atomic E-state index is -0.853. The molecule has 6 heteroatoms. The van der Waals surface area contributed by atoms with Gasteiger partial charge in [-0.2, -0.15) is 0 Å². The fourth-order valence-electron chi connectivity index (χ4n) is 4.26. The molecule has 1 aliphatic rings. The van der Waals surface area contributed by atoms with Gasteiger partial charge in [-0.1, -0.05) is 54.6 Å². The third-order valence-corrected chi connectivity index (χ3v) is 7.16. The second kappa shape index (κ2) is 10.5. The first-order valence-corrected chi connectivity index (χ1v) is 12.2. The number of nitrogens with zero attached hydrogens (tertiary/aromatic N) is 1. The van der Waals surface area contributed by atoms with Gasteiger partial charge >= 0.3 is 5.97 Å². The summed E-state index contributed by atoms with van der Waals surface area (Å²) in [5.74, 6) is -0.247. The van der Waals surface area contributed by atoms with Gasteiger partial charge in [0, 0.05) is 24.6 Å². The smallest absolute Gasteiger partial charge is 0.304 e. The molecule has 1 N–H and O–H groups in total. The molecule has 1 unspecified atom stereocenters. The lowest BCUT2D eigenvalue weighted by atomic mass is 9.86. The van der Waals surface area contributed by atoms with Crippen molar-refractivity contribution in [2.24, 2.45) is 0 Å². The van der Waals surface area contributed by atoms with Crippen molar-refractivity contribution < 1.29 is 19.4 Å². The predicted octanol–water partition coefficient (Wildman–Crippen LogP) is 6.09. The highest BCUT2D eigenvalue weighted by Gasteiger charge is 2.23. The molecule has 34 heavy (non-hydrogen) atoms. The SMILES string of the molecule is CC(=O)c1ccc(C(CC(=O)O)c2ccc(C)c(CN3C[C@@H](C)Oc4ccccc4S3)c2)cc1. The van der Waals surface area contributed by atoms with Crippen LogP contribution in [0.3, 0.4) is 0 Å². The van der Waals surface area contributed by atoms with E-state index in [1.165, 1.54) is 6.92 Å². The van der Waals surface area contributed by atoms with Crippen LogP contribution in [-0.2, 0) is 11.3 Å². The first-order valence-electron chi connectivity index (χ1n) is 11.4. The van der Waals surface area contributed by atoms with E-state index >= 15 is 0 Å². The summed E-state index contributed by atoms with van der Waals surface area (Å²) in [6.07, 6.45) is 0.0396. The Kier molecular flexibility index (Phi) is 7.39. The van der Waals surface area contributed by atoms with Crippen molar-refractivity contribution in [1.29, 1.82) is 0 Å². The summed E-state index contributed by atoms with van der Waals surface area (Å²) in [6, 6.07) is 21.6. The molecule has 4 rings (SSSR count). The van der Waals surface area contributed by atoms with E-state index in [9.17, 15) is 14.7 Å². The second-order valence-corrected chi connectivity index (χ2v) is 9.94. The fraction of sp³-hybridized carbons (Fsp3) is 0.286. The van der Waals surface area contributed by atoms with Crippen LogP contribution in [0.4, 0.5) is 0 Å². The zero-order valence-corrected chi connectivity index (χ0v) is 20.5. The highest BCUT2D eigenvalue weighted by Crippen LogP contribution is 2.37. The molecule has 0 radical (unpaired) electrons. The zero-order chi connectivity index (χ0) is 24.2. The topological polar surface area (TPSA) is 66.8 Å². The van der Waals surface area contributed by atoms with Crippen molar-refractivity contribution in [3.8, 4) is 5.75 Å². The lowest BCUT2D eigenvalue weighted by Gasteiger charge is -2.23. The zero-order valence-electron chi connectivity index (χ0n) is 19.7. The number of hydrogen-bond acceptors (Lipinski definition) is 5. The van der Waals surface area contributed by atoms with Crippen LogP contribution in [0.15, 0.2) is 71.6 Å². The van der Waals surface area contributed by atoms with E-state index in [0.717, 1.165) is 46.0 Å². The number of aryl methyl sites for hydroxylation is 1. The number of carbonyl (C=O) groups is 2. The number of rotatable bonds is 7. The van der Waals surface area contributed by atoms with Gasteiger partial charge in [0.25, 0.3) is 0 Å². The molecule has 5 nitrogen and oxygen atoms in total. The number of carboxylic acids is 1. The van der Waals surface area contributed by atoms with Crippen LogP contribution in [0.2, 0.25) is 0 Å². The maximum absolute atomic E-state index is 11.7. The molecule has 3 aromatic carbocycles. The molecule has 0 spiro atoms. The Hall–Kier alpha value is -3.09. The summed E-state index contributed by atoms with van der Waals surface area (Å²) in [6.45, 7) is 7.18. The van der Waals surface area contributed by atoms with E-state index in [1.807, 2.05) is 36.4 Å². The van der Waals surface area contributed by atoms with Crippen molar-refractivity contribution >= 4 is 23.7 Å². The first kappa shape index (κ1) is 24.0. The Morgan fingerprint density at radius 3 is 2.50 bits per heavy atom. The Morgan fingerprint density at radius 2 is 1.79 bits per heavy atom. The Bertz CT molecular complexity index is 1190. The summed E-state index contributed by atoms with van der Waals surface area (Å²) in [4.78, 5) is 24.5. The van der Waals surface area contributed by atoms with Gasteiger partial charge in [0.15, 0.2) is 5.78 Å². The fourth-order valence-corrected chi connectivity index (χ4v) is 5.37. The predicted molar refractivity (Wildman–Crippen MR) is 135 cm³/mol. The molecule has 0 saturated carbocycles. The Labute approximate surface area is 204 Å². The van der Waals surface area contributed by atoms with Crippen molar-refractivity contribution in [2.75, 3.05) is 6.54 Å². The Morgan fingerprint density at radius 1 is 1.09 bits per heavy atom. The number of benzene rings is 3. The molecule has 3 aromatic rings. The summed E-state index contributed by atoms with van der Waals surface area (Å²) in [5, 5.41) is 9.61. The van der Waals surface area contributed by atoms with Gasteiger partial charge in [-0.3, -0.25) is 9.59 Å². The lowest BCUT2D eigenvalue weighted by Crippen LogP contribution is -2.27. The van der Waals surface area contributed by atoms with E-state index in [0.29, 0.717) is 5.56 Å². The van der Waals surface area contributed by atoms with Gasteiger partial charge in [-0.25, -0.2) is 4.31 Å². The molecular formula is C28H29NO4S. The molecule has 1 aliphatic heterocycles. The molecule has 0 bridgehead atoms. The van der Waals surface area contributed by atoms with Crippen LogP contribution >= 0.6 is 11.9 Å². The van der Waals surface area contributed by atoms with Gasteiger partial charge in [0.05, 0.1) is 11.3 Å². The van der Waals surface area contributed by atoms with E-state index < -0.39 is 5.97 Å². The summed E-state index contributed by atoms with van der Waals surface area (Å²) in [7, 11) is 0. The molecular weight excluding hydrogens is 446 g/mol. The standard InChI is InChI=1S/C28H29NO4S/c1-18-8-9-23(25(15-28(31)32)22-12-10-21(11-13-22)20(3)30)14-24(18)17-29-16-19(2)33-26-6-4-5-7-27(26)34-29/h4-14,19,25H,15-17H2,1-3H3,(H,31,32)/t19-,25?/m1/s1. The van der Waals surface area contributed by atoms with Crippen molar-refractivity contribution in [3.05, 3.63) is 94.5 Å². The molecule has 176 valence electrons. The molecule has 0 aliphatic carbocycles. The van der Waals surface area contributed by atoms with Crippen molar-refractivity contribution in [2.45, 2.75) is 50.7 Å². The highest BCUT2D eigenvalue weighted by molar-refractivity contribution is 7.97. The molecule has 0 saturated heterocycles. The van der Waals surface area contributed by atoms with E-state index in [-0.39, 0.29) is 24.2 Å². The lowest BCUT2D eigenvalue weighted by molar-refractivity contribution is -0.137. The number of ketones is 1. The van der Waals surface area contributed by atoms with Gasteiger partial charge in [0.1, 0.15) is 11.9 Å². The molecule has 2 atom stereocenters. The number of ether oxygens (including phenoxy) is 1. The van der Waals surface area contributed by atoms with Gasteiger partial charge in [0.2, 0.25) is 0 Å². The summed E-state index contributed by atoms with van der Waals surface area (Å²) < 4.78 is 8.40. The number of aliphatic carboxylic acids is 1. The highest BCUT2D eigenvalue weighted by atomic mass is 32.2. The number of hydrogen-bond donors (Lipinski definition) is 1. The number of carbonyl (C=O) groups excluding carboxylic acids is 1. The molecule has 0 aromatic heterocycles. The van der Waals surface area contributed by atoms with Gasteiger partial charge in [-0.15, -0.1) is 0 Å². The minimum Gasteiger partial charge on any atom is -0.488 e. The molecule has 0 amide bonds. The van der Waals surface area contributed by atoms with E-state index in [4.69, 9.17) is 4.74 Å². The summed E-state index contributed by atoms with van der Waals surface area (Å²) in [5.41, 5.74) is 4.80. The van der Waals surface area contributed by atoms with Crippen LogP contribution in [-0.4, -0.2) is 33.8 Å². The average molecular weight is 476 g/mol.